The average molecular weight is 500 g/mol. The Balaban J connectivity index is 1.55. The first-order valence-electron chi connectivity index (χ1n) is 12.2. The highest BCUT2D eigenvalue weighted by atomic mass is 16.4. The highest BCUT2D eigenvalue weighted by Crippen LogP contribution is 2.33. The molecule has 0 spiro atoms. The number of aromatic nitrogens is 1. The summed E-state index contributed by atoms with van der Waals surface area (Å²) in [5, 5.41) is 13.0. The van der Waals surface area contributed by atoms with Crippen LogP contribution in [0.4, 0.5) is 5.69 Å². The van der Waals surface area contributed by atoms with Crippen molar-refractivity contribution in [2.45, 2.75) is 13.0 Å². The molecule has 1 amide bonds. The molecule has 0 fully saturated rings. The van der Waals surface area contributed by atoms with E-state index in [4.69, 9.17) is 11.7 Å². The van der Waals surface area contributed by atoms with Crippen molar-refractivity contribution in [3.05, 3.63) is 136 Å². The second kappa shape index (κ2) is 10.5. The number of benzene rings is 4. The van der Waals surface area contributed by atoms with Crippen LogP contribution in [0.2, 0.25) is 0 Å². The number of carboxylic acids is 1. The van der Waals surface area contributed by atoms with Gasteiger partial charge in [-0.05, 0) is 52.9 Å². The maximum atomic E-state index is 13.7. The van der Waals surface area contributed by atoms with Gasteiger partial charge in [0.2, 0.25) is 0 Å². The van der Waals surface area contributed by atoms with E-state index in [9.17, 15) is 9.59 Å². The Labute approximate surface area is 220 Å². The predicted molar refractivity (Wildman–Crippen MR) is 148 cm³/mol. The van der Waals surface area contributed by atoms with E-state index in [2.05, 4.69) is 16.2 Å². The second-order valence-electron chi connectivity index (χ2n) is 9.19. The summed E-state index contributed by atoms with van der Waals surface area (Å²) in [5.41, 5.74) is 7.07. The first-order chi connectivity index (χ1) is 18.4. The van der Waals surface area contributed by atoms with Crippen molar-refractivity contribution in [3.8, 4) is 11.1 Å². The van der Waals surface area contributed by atoms with Crippen molar-refractivity contribution >= 4 is 28.5 Å². The third-order valence-electron chi connectivity index (χ3n) is 6.61. The van der Waals surface area contributed by atoms with Gasteiger partial charge in [0.15, 0.2) is 5.69 Å². The van der Waals surface area contributed by atoms with E-state index >= 15 is 0 Å². The number of aryl methyl sites for hydroxylation is 1. The van der Waals surface area contributed by atoms with Gasteiger partial charge in [-0.15, -0.1) is 0 Å². The first-order valence-corrected chi connectivity index (χ1v) is 12.2. The van der Waals surface area contributed by atoms with E-state index in [0.29, 0.717) is 17.7 Å². The molecule has 5 rings (SSSR count). The Morgan fingerprint density at radius 3 is 2.37 bits per heavy atom. The minimum absolute atomic E-state index is 0.202. The van der Waals surface area contributed by atoms with E-state index in [0.717, 1.165) is 38.7 Å². The lowest BCUT2D eigenvalue weighted by atomic mass is 9.95. The van der Waals surface area contributed by atoms with Crippen molar-refractivity contribution in [1.82, 2.24) is 9.88 Å². The molecule has 5 aromatic rings. The zero-order valence-corrected chi connectivity index (χ0v) is 20.8. The third kappa shape index (κ3) is 5.04. The molecule has 0 saturated carbocycles. The molecule has 0 bridgehead atoms. The summed E-state index contributed by atoms with van der Waals surface area (Å²) in [6.45, 7) is 7.61. The topological polar surface area (TPSA) is 75.7 Å². The van der Waals surface area contributed by atoms with Gasteiger partial charge in [-0.2, -0.15) is 0 Å². The van der Waals surface area contributed by atoms with Crippen molar-refractivity contribution in [3.63, 3.8) is 0 Å². The van der Waals surface area contributed by atoms with Gasteiger partial charge in [-0.25, -0.2) is 9.64 Å². The number of nitrogens with one attached hydrogen (secondary N) is 1. The zero-order chi connectivity index (χ0) is 26.6. The number of amides is 1. The molecule has 0 aliphatic heterocycles. The molecule has 2 N–H and O–H groups in total. The van der Waals surface area contributed by atoms with Crippen molar-refractivity contribution in [2.24, 2.45) is 7.05 Å². The van der Waals surface area contributed by atoms with Gasteiger partial charge in [0.1, 0.15) is 0 Å². The standard InChI is InChI=1S/C32H25N3O3/c1-33-27-10-6-7-22(16-27)15-26-20-35(2)29-18-25(23-8-4-3-5-9-23)17-28(30(26)29)31(36)34-19-21-11-13-24(14-12-21)32(37)38/h3-14,16-18,20H,15,19H2,2H3,(H,34,36)(H,37,38). The number of carbonyl (C=O) groups is 2. The number of rotatable bonds is 7. The largest absolute Gasteiger partial charge is 0.478 e. The van der Waals surface area contributed by atoms with E-state index in [1.165, 1.54) is 12.1 Å². The molecule has 4 aromatic carbocycles. The molecule has 6 heteroatoms. The fourth-order valence-corrected chi connectivity index (χ4v) is 4.72. The molecular weight excluding hydrogens is 474 g/mol. The summed E-state index contributed by atoms with van der Waals surface area (Å²) in [4.78, 5) is 28.3. The molecule has 0 radical (unpaired) electrons. The Morgan fingerprint density at radius 1 is 0.895 bits per heavy atom. The van der Waals surface area contributed by atoms with E-state index in [-0.39, 0.29) is 18.0 Å². The minimum atomic E-state index is -0.987. The summed E-state index contributed by atoms with van der Waals surface area (Å²) in [6.07, 6.45) is 2.63. The monoisotopic (exact) mass is 499 g/mol. The van der Waals surface area contributed by atoms with Crippen LogP contribution in [0.1, 0.15) is 37.4 Å². The zero-order valence-electron chi connectivity index (χ0n) is 20.8. The van der Waals surface area contributed by atoms with Crippen molar-refractivity contribution < 1.29 is 14.7 Å². The van der Waals surface area contributed by atoms with Crippen LogP contribution in [0.25, 0.3) is 26.9 Å². The molecule has 0 atom stereocenters. The highest BCUT2D eigenvalue weighted by molar-refractivity contribution is 6.09. The molecular formula is C32H25N3O3. The lowest BCUT2D eigenvalue weighted by molar-refractivity contribution is 0.0696. The number of carbonyl (C=O) groups excluding carboxylic acids is 1. The quantitative estimate of drug-likeness (QED) is 0.247. The van der Waals surface area contributed by atoms with Crippen molar-refractivity contribution in [2.75, 3.05) is 0 Å². The highest BCUT2D eigenvalue weighted by Gasteiger charge is 2.19. The van der Waals surface area contributed by atoms with E-state index < -0.39 is 5.97 Å². The van der Waals surface area contributed by atoms with Crippen LogP contribution in [0, 0.1) is 6.57 Å². The molecule has 0 aliphatic carbocycles. The Hall–Kier alpha value is -5.15. The lowest BCUT2D eigenvalue weighted by Gasteiger charge is -2.12. The maximum absolute atomic E-state index is 13.7. The number of hydrogen-bond acceptors (Lipinski definition) is 2. The van der Waals surface area contributed by atoms with Crippen LogP contribution in [-0.2, 0) is 20.0 Å². The van der Waals surface area contributed by atoms with Gasteiger partial charge in [0.25, 0.3) is 5.91 Å². The van der Waals surface area contributed by atoms with Crippen molar-refractivity contribution in [1.29, 1.82) is 0 Å². The van der Waals surface area contributed by atoms with Crippen LogP contribution in [-0.4, -0.2) is 21.6 Å². The molecule has 0 unspecified atom stereocenters. The molecule has 186 valence electrons. The second-order valence-corrected chi connectivity index (χ2v) is 9.19. The van der Waals surface area contributed by atoms with Gasteiger partial charge in [0, 0.05) is 36.3 Å². The van der Waals surface area contributed by atoms with Crippen LogP contribution >= 0.6 is 0 Å². The predicted octanol–water partition coefficient (Wildman–Crippen LogP) is 6.62. The molecule has 1 aromatic heterocycles. The molecule has 1 heterocycles. The van der Waals surface area contributed by atoms with Crippen LogP contribution < -0.4 is 5.32 Å². The summed E-state index contributed by atoms with van der Waals surface area (Å²) in [7, 11) is 1.97. The smallest absolute Gasteiger partial charge is 0.335 e. The molecule has 6 nitrogen and oxygen atoms in total. The van der Waals surface area contributed by atoms with E-state index in [1.54, 1.807) is 18.2 Å². The maximum Gasteiger partial charge on any atom is 0.335 e. The fraction of sp³-hybridized carbons (Fsp3) is 0.0938. The first kappa shape index (κ1) is 24.5. The van der Waals surface area contributed by atoms with Crippen LogP contribution in [0.15, 0.2) is 97.2 Å². The SMILES string of the molecule is [C-]#[N+]c1cccc(Cc2cn(C)c3cc(-c4ccccc4)cc(C(=O)NCc4ccc(C(=O)O)cc4)c23)c1. The van der Waals surface area contributed by atoms with Gasteiger partial charge in [-0.3, -0.25) is 4.79 Å². The molecule has 0 aliphatic rings. The number of carboxylic acid groups (broad SMARTS) is 1. The van der Waals surface area contributed by atoms with E-state index in [1.807, 2.05) is 72.4 Å². The Bertz CT molecular complexity index is 1690. The van der Waals surface area contributed by atoms with Crippen LogP contribution in [0.3, 0.4) is 0 Å². The fourth-order valence-electron chi connectivity index (χ4n) is 4.72. The van der Waals surface area contributed by atoms with Gasteiger partial charge >= 0.3 is 5.97 Å². The number of fused-ring (bicyclic) bond motifs is 1. The normalized spacial score (nSPS) is 10.7. The number of hydrogen-bond donors (Lipinski definition) is 2. The number of nitrogens with zero attached hydrogens (tertiary/aromatic N) is 2. The average Bonchev–Trinajstić information content (AvgIpc) is 3.26. The summed E-state index contributed by atoms with van der Waals surface area (Å²) in [5.74, 6) is -1.20. The molecule has 0 saturated heterocycles. The third-order valence-corrected chi connectivity index (χ3v) is 6.61. The van der Waals surface area contributed by atoms with Gasteiger partial charge < -0.3 is 15.0 Å². The summed E-state index contributed by atoms with van der Waals surface area (Å²) < 4.78 is 2.04. The number of aromatic carboxylic acids is 1. The van der Waals surface area contributed by atoms with Gasteiger partial charge in [-0.1, -0.05) is 72.3 Å². The Kier molecular flexibility index (Phi) is 6.75. The molecule has 38 heavy (non-hydrogen) atoms. The minimum Gasteiger partial charge on any atom is -0.478 e. The Morgan fingerprint density at radius 2 is 1.66 bits per heavy atom. The van der Waals surface area contributed by atoms with Crippen LogP contribution in [0.5, 0.6) is 0 Å². The van der Waals surface area contributed by atoms with Gasteiger partial charge in [0.05, 0.1) is 12.1 Å². The summed E-state index contributed by atoms with van der Waals surface area (Å²) >= 11 is 0. The summed E-state index contributed by atoms with van der Waals surface area (Å²) in [6, 6.07) is 28.0. The lowest BCUT2D eigenvalue weighted by Crippen LogP contribution is -2.23.